The van der Waals surface area contributed by atoms with Gasteiger partial charge in [-0.3, -0.25) is 0 Å². The van der Waals surface area contributed by atoms with E-state index in [1.807, 2.05) is 26.0 Å². The monoisotopic (exact) mass is 403 g/mol. The molecule has 28 heavy (non-hydrogen) atoms. The fourth-order valence-electron chi connectivity index (χ4n) is 3.20. The highest BCUT2D eigenvalue weighted by Gasteiger charge is 2.32. The van der Waals surface area contributed by atoms with E-state index >= 15 is 0 Å². The highest BCUT2D eigenvalue weighted by molar-refractivity contribution is 7.89. The summed E-state index contributed by atoms with van der Waals surface area (Å²) in [5.74, 6) is -0.0722. The predicted molar refractivity (Wildman–Crippen MR) is 106 cm³/mol. The number of sulfonamides is 1. The molecule has 0 aromatic heterocycles. The molecule has 7 heteroatoms. The van der Waals surface area contributed by atoms with Gasteiger partial charge in [0.15, 0.2) is 0 Å². The van der Waals surface area contributed by atoms with E-state index < -0.39 is 16.0 Å². The molecular formula is C21H25NO5S. The molecule has 1 heterocycles. The van der Waals surface area contributed by atoms with Crippen molar-refractivity contribution in [3.63, 3.8) is 0 Å². The van der Waals surface area contributed by atoms with Crippen molar-refractivity contribution >= 4 is 16.0 Å². The minimum atomic E-state index is -3.64. The van der Waals surface area contributed by atoms with Crippen LogP contribution >= 0.6 is 0 Å². The summed E-state index contributed by atoms with van der Waals surface area (Å²) in [6, 6.07) is 13.1. The van der Waals surface area contributed by atoms with E-state index in [1.165, 1.54) is 28.6 Å². The molecule has 2 atom stereocenters. The Labute approximate surface area is 166 Å². The highest BCUT2D eigenvalue weighted by atomic mass is 32.2. The van der Waals surface area contributed by atoms with Crippen LogP contribution in [0.4, 0.5) is 0 Å². The normalized spacial score (nSPS) is 20.7. The average molecular weight is 404 g/mol. The molecular weight excluding hydrogens is 378 g/mol. The molecule has 3 rings (SSSR count). The molecule has 0 amide bonds. The number of carbonyl (C=O) groups excluding carboxylic acids is 1. The zero-order chi connectivity index (χ0) is 20.3. The third-order valence-corrected chi connectivity index (χ3v) is 6.50. The number of nitrogens with zero attached hydrogens (tertiary/aromatic N) is 1. The van der Waals surface area contributed by atoms with Crippen LogP contribution in [0, 0.1) is 0 Å². The molecule has 0 unspecified atom stereocenters. The van der Waals surface area contributed by atoms with E-state index in [1.54, 1.807) is 12.1 Å². The summed E-state index contributed by atoms with van der Waals surface area (Å²) in [4.78, 5) is 12.5. The summed E-state index contributed by atoms with van der Waals surface area (Å²) in [6.07, 6.45) is 0.587. The van der Waals surface area contributed by atoms with E-state index in [9.17, 15) is 13.2 Å². The molecule has 2 aromatic rings. The Morgan fingerprint density at radius 1 is 1.04 bits per heavy atom. The molecule has 1 aliphatic rings. The zero-order valence-electron chi connectivity index (χ0n) is 16.3. The lowest BCUT2D eigenvalue weighted by molar-refractivity contribution is -0.0440. The summed E-state index contributed by atoms with van der Waals surface area (Å²) in [5.41, 5.74) is 1.45. The number of hydrogen-bond donors (Lipinski definition) is 0. The Hall–Kier alpha value is -2.22. The molecule has 1 saturated heterocycles. The van der Waals surface area contributed by atoms with E-state index in [2.05, 4.69) is 6.92 Å². The number of benzene rings is 2. The van der Waals surface area contributed by atoms with Gasteiger partial charge in [-0.1, -0.05) is 19.1 Å². The molecule has 2 aromatic carbocycles. The molecule has 0 aliphatic carbocycles. The van der Waals surface area contributed by atoms with Gasteiger partial charge < -0.3 is 9.47 Å². The molecule has 0 radical (unpaired) electrons. The first kappa shape index (κ1) is 20.5. The largest absolute Gasteiger partial charge is 0.423 e. The lowest BCUT2D eigenvalue weighted by atomic mass is 10.2. The minimum absolute atomic E-state index is 0.151. The number of morpholine rings is 1. The summed E-state index contributed by atoms with van der Waals surface area (Å²) < 4.78 is 38.1. The Kier molecular flexibility index (Phi) is 6.17. The van der Waals surface area contributed by atoms with Gasteiger partial charge in [0.2, 0.25) is 10.0 Å². The van der Waals surface area contributed by atoms with Gasteiger partial charge in [0.1, 0.15) is 5.75 Å². The van der Waals surface area contributed by atoms with Gasteiger partial charge in [0.05, 0.1) is 22.7 Å². The van der Waals surface area contributed by atoms with Crippen molar-refractivity contribution in [1.82, 2.24) is 4.31 Å². The maximum Gasteiger partial charge on any atom is 0.343 e. The van der Waals surface area contributed by atoms with Crippen LogP contribution in [0.15, 0.2) is 53.4 Å². The quantitative estimate of drug-likeness (QED) is 0.566. The van der Waals surface area contributed by atoms with E-state index in [-0.39, 0.29) is 17.1 Å². The van der Waals surface area contributed by atoms with Crippen molar-refractivity contribution < 1.29 is 22.7 Å². The number of esters is 1. The number of carbonyl (C=O) groups is 1. The predicted octanol–water partition coefficient (Wildman–Crippen LogP) is 3.27. The average Bonchev–Trinajstić information content (AvgIpc) is 2.68. The Morgan fingerprint density at radius 3 is 2.14 bits per heavy atom. The second kappa shape index (κ2) is 8.43. The molecule has 150 valence electrons. The topological polar surface area (TPSA) is 72.9 Å². The van der Waals surface area contributed by atoms with E-state index in [4.69, 9.17) is 9.47 Å². The molecule has 0 saturated carbocycles. The van der Waals surface area contributed by atoms with Gasteiger partial charge in [-0.05, 0) is 62.2 Å². The van der Waals surface area contributed by atoms with Gasteiger partial charge in [-0.2, -0.15) is 4.31 Å². The van der Waals surface area contributed by atoms with Crippen molar-refractivity contribution in [3.8, 4) is 5.75 Å². The Balaban J connectivity index is 1.72. The fraction of sp³-hybridized carbons (Fsp3) is 0.381. The summed E-state index contributed by atoms with van der Waals surface area (Å²) in [7, 11) is -3.64. The van der Waals surface area contributed by atoms with Gasteiger partial charge >= 0.3 is 5.97 Å². The number of aryl methyl sites for hydroxylation is 1. The molecule has 0 spiro atoms. The van der Waals surface area contributed by atoms with E-state index in [0.717, 1.165) is 12.0 Å². The molecule has 1 aliphatic heterocycles. The number of hydrogen-bond acceptors (Lipinski definition) is 5. The molecule has 0 N–H and O–H groups in total. The van der Waals surface area contributed by atoms with Crippen LogP contribution in [0.2, 0.25) is 0 Å². The minimum Gasteiger partial charge on any atom is -0.423 e. The first-order valence-electron chi connectivity index (χ1n) is 9.36. The van der Waals surface area contributed by atoms with Crippen LogP contribution in [0.3, 0.4) is 0 Å². The van der Waals surface area contributed by atoms with Crippen LogP contribution in [0.1, 0.15) is 36.7 Å². The summed E-state index contributed by atoms with van der Waals surface area (Å²) in [5, 5.41) is 0. The molecule has 6 nitrogen and oxygen atoms in total. The Bertz CT molecular complexity index is 912. The lowest BCUT2D eigenvalue weighted by Gasteiger charge is -2.34. The first-order chi connectivity index (χ1) is 13.3. The van der Waals surface area contributed by atoms with Crippen LogP contribution in [0.25, 0.3) is 0 Å². The fourth-order valence-corrected chi connectivity index (χ4v) is 4.79. The van der Waals surface area contributed by atoms with Crippen molar-refractivity contribution in [2.45, 2.75) is 44.3 Å². The molecule has 0 bridgehead atoms. The van der Waals surface area contributed by atoms with E-state index in [0.29, 0.717) is 24.4 Å². The van der Waals surface area contributed by atoms with Gasteiger partial charge in [0.25, 0.3) is 0 Å². The van der Waals surface area contributed by atoms with Crippen LogP contribution in [0.5, 0.6) is 5.75 Å². The van der Waals surface area contributed by atoms with Gasteiger partial charge in [-0.15, -0.1) is 0 Å². The number of rotatable bonds is 5. The maximum absolute atomic E-state index is 12.9. The third kappa shape index (κ3) is 4.60. The third-order valence-electron chi connectivity index (χ3n) is 4.66. The zero-order valence-corrected chi connectivity index (χ0v) is 17.1. The first-order valence-corrected chi connectivity index (χ1v) is 10.8. The van der Waals surface area contributed by atoms with Crippen molar-refractivity contribution in [2.75, 3.05) is 13.1 Å². The van der Waals surface area contributed by atoms with Crippen LogP contribution in [-0.2, 0) is 21.2 Å². The van der Waals surface area contributed by atoms with Gasteiger partial charge in [0, 0.05) is 13.1 Å². The van der Waals surface area contributed by atoms with Crippen molar-refractivity contribution in [3.05, 3.63) is 59.7 Å². The standard InChI is InChI=1S/C21H25NO5S/c1-4-17-5-9-19(10-6-17)27-21(23)18-7-11-20(12-8-18)28(24,25)22-13-15(2)26-16(3)14-22/h5-12,15-16H,4,13-14H2,1-3H3/t15-,16+. The SMILES string of the molecule is CCc1ccc(OC(=O)c2ccc(S(=O)(=O)N3C[C@@H](C)O[C@@H](C)C3)cc2)cc1. The second-order valence-electron chi connectivity index (χ2n) is 6.99. The lowest BCUT2D eigenvalue weighted by Crippen LogP contribution is -2.48. The van der Waals surface area contributed by atoms with Crippen LogP contribution < -0.4 is 4.74 Å². The smallest absolute Gasteiger partial charge is 0.343 e. The van der Waals surface area contributed by atoms with Crippen LogP contribution in [-0.4, -0.2) is 44.0 Å². The van der Waals surface area contributed by atoms with Crippen molar-refractivity contribution in [2.24, 2.45) is 0 Å². The molecule has 1 fully saturated rings. The number of ether oxygens (including phenoxy) is 2. The van der Waals surface area contributed by atoms with Gasteiger partial charge in [-0.25, -0.2) is 13.2 Å². The maximum atomic E-state index is 12.9. The summed E-state index contributed by atoms with van der Waals surface area (Å²) in [6.45, 7) is 6.37. The summed E-state index contributed by atoms with van der Waals surface area (Å²) >= 11 is 0. The second-order valence-corrected chi connectivity index (χ2v) is 8.93. The van der Waals surface area contributed by atoms with Crippen molar-refractivity contribution in [1.29, 1.82) is 0 Å². The highest BCUT2D eigenvalue weighted by Crippen LogP contribution is 2.22. The Morgan fingerprint density at radius 2 is 1.61 bits per heavy atom.